The second-order valence-electron chi connectivity index (χ2n) is 5.56. The van der Waals surface area contributed by atoms with E-state index in [9.17, 15) is 0 Å². The first kappa shape index (κ1) is 13.2. The van der Waals surface area contributed by atoms with Crippen molar-refractivity contribution in [3.63, 3.8) is 0 Å². The topological polar surface area (TPSA) is 0 Å². The lowest BCUT2D eigenvalue weighted by atomic mass is 9.84. The Kier molecular flexibility index (Phi) is 3.73. The Morgan fingerprint density at radius 1 is 1.20 bits per heavy atom. The van der Waals surface area contributed by atoms with Crippen molar-refractivity contribution in [2.45, 2.75) is 33.1 Å². The molecule has 0 spiro atoms. The molecular formula is C20H22. The van der Waals surface area contributed by atoms with Crippen molar-refractivity contribution in [1.29, 1.82) is 0 Å². The van der Waals surface area contributed by atoms with Crippen LogP contribution < -0.4 is 0 Å². The predicted octanol–water partition coefficient (Wildman–Crippen LogP) is 5.79. The van der Waals surface area contributed by atoms with E-state index in [1.54, 1.807) is 5.57 Å². The number of hydrogen-bond donors (Lipinski definition) is 0. The van der Waals surface area contributed by atoms with Gasteiger partial charge in [-0.3, -0.25) is 0 Å². The van der Waals surface area contributed by atoms with Gasteiger partial charge in [0.2, 0.25) is 0 Å². The molecule has 0 saturated carbocycles. The van der Waals surface area contributed by atoms with E-state index >= 15 is 0 Å². The SMILES string of the molecule is C/C=C\C1=C2C(=C\C=C/CCC2CC)/c2ccccc21. The van der Waals surface area contributed by atoms with Gasteiger partial charge in [0.1, 0.15) is 0 Å². The summed E-state index contributed by atoms with van der Waals surface area (Å²) in [6.07, 6.45) is 15.0. The van der Waals surface area contributed by atoms with Gasteiger partial charge in [-0.2, -0.15) is 0 Å². The first-order chi connectivity index (χ1) is 9.86. The minimum Gasteiger partial charge on any atom is -0.0870 e. The third kappa shape index (κ3) is 2.10. The van der Waals surface area contributed by atoms with Crippen LogP contribution in [0, 0.1) is 5.92 Å². The highest BCUT2D eigenvalue weighted by Crippen LogP contribution is 2.47. The Bertz CT molecular complexity index is 623. The van der Waals surface area contributed by atoms with Gasteiger partial charge in [-0.25, -0.2) is 0 Å². The van der Waals surface area contributed by atoms with Gasteiger partial charge in [-0.1, -0.05) is 61.6 Å². The van der Waals surface area contributed by atoms with Crippen LogP contribution in [0.3, 0.4) is 0 Å². The highest BCUT2D eigenvalue weighted by atomic mass is 14.3. The standard InChI is InChI=1S/C20H22/c1-3-10-18-16-12-8-9-13-17(16)19-14-7-5-6-11-15(4-2)20(18)19/h3,5,7-10,12-15H,4,6,11H2,1-2H3/b7-5-,10-3-,19-14-. The second-order valence-corrected chi connectivity index (χ2v) is 5.56. The fourth-order valence-corrected chi connectivity index (χ4v) is 3.46. The Morgan fingerprint density at radius 3 is 2.75 bits per heavy atom. The molecule has 20 heavy (non-hydrogen) atoms. The van der Waals surface area contributed by atoms with Crippen LogP contribution in [-0.4, -0.2) is 0 Å². The van der Waals surface area contributed by atoms with Crippen molar-refractivity contribution < 1.29 is 0 Å². The summed E-state index contributed by atoms with van der Waals surface area (Å²) in [6, 6.07) is 8.83. The number of rotatable bonds is 2. The van der Waals surface area contributed by atoms with Crippen molar-refractivity contribution in [3.05, 3.63) is 71.3 Å². The molecule has 0 nitrogen and oxygen atoms in total. The molecule has 1 unspecified atom stereocenters. The van der Waals surface area contributed by atoms with E-state index in [0.717, 1.165) is 0 Å². The van der Waals surface area contributed by atoms with E-state index in [0.29, 0.717) is 5.92 Å². The molecule has 0 amide bonds. The zero-order chi connectivity index (χ0) is 13.9. The van der Waals surface area contributed by atoms with Crippen LogP contribution >= 0.6 is 0 Å². The van der Waals surface area contributed by atoms with Crippen LogP contribution in [0.25, 0.3) is 11.1 Å². The molecular weight excluding hydrogens is 240 g/mol. The van der Waals surface area contributed by atoms with Crippen molar-refractivity contribution in [2.75, 3.05) is 0 Å². The number of hydrogen-bond acceptors (Lipinski definition) is 0. The number of fused-ring (bicyclic) bond motifs is 3. The number of allylic oxidation sites excluding steroid dienone is 8. The molecule has 0 bridgehead atoms. The molecule has 0 aromatic heterocycles. The van der Waals surface area contributed by atoms with Crippen LogP contribution in [0.1, 0.15) is 44.2 Å². The van der Waals surface area contributed by atoms with Gasteiger partial charge < -0.3 is 0 Å². The first-order valence-electron chi connectivity index (χ1n) is 7.70. The summed E-state index contributed by atoms with van der Waals surface area (Å²) >= 11 is 0. The summed E-state index contributed by atoms with van der Waals surface area (Å²) < 4.78 is 0. The summed E-state index contributed by atoms with van der Waals surface area (Å²) in [5.41, 5.74) is 7.25. The molecule has 2 aliphatic rings. The van der Waals surface area contributed by atoms with E-state index in [2.05, 4.69) is 68.5 Å². The maximum atomic E-state index is 2.32. The number of benzene rings is 1. The van der Waals surface area contributed by atoms with Gasteiger partial charge in [-0.15, -0.1) is 0 Å². The summed E-state index contributed by atoms with van der Waals surface area (Å²) in [7, 11) is 0. The van der Waals surface area contributed by atoms with Gasteiger partial charge in [-0.05, 0) is 60.0 Å². The third-order valence-electron chi connectivity index (χ3n) is 4.40. The minimum absolute atomic E-state index is 0.671. The minimum atomic E-state index is 0.671. The fourth-order valence-electron chi connectivity index (χ4n) is 3.46. The first-order valence-corrected chi connectivity index (χ1v) is 7.70. The summed E-state index contributed by atoms with van der Waals surface area (Å²) in [4.78, 5) is 0. The predicted molar refractivity (Wildman–Crippen MR) is 88.3 cm³/mol. The van der Waals surface area contributed by atoms with Gasteiger partial charge in [0.05, 0.1) is 0 Å². The molecule has 0 N–H and O–H groups in total. The van der Waals surface area contributed by atoms with E-state index in [1.807, 2.05) is 0 Å². The van der Waals surface area contributed by atoms with Crippen LogP contribution in [0.15, 0.2) is 60.2 Å². The highest BCUT2D eigenvalue weighted by Gasteiger charge is 2.28. The fraction of sp³-hybridized carbons (Fsp3) is 0.300. The van der Waals surface area contributed by atoms with Crippen molar-refractivity contribution in [2.24, 2.45) is 5.92 Å². The normalized spacial score (nSPS) is 25.7. The Hall–Kier alpha value is -1.82. The van der Waals surface area contributed by atoms with E-state index < -0.39 is 0 Å². The van der Waals surface area contributed by atoms with Crippen LogP contribution in [0.4, 0.5) is 0 Å². The van der Waals surface area contributed by atoms with Gasteiger partial charge >= 0.3 is 0 Å². The van der Waals surface area contributed by atoms with Crippen molar-refractivity contribution >= 4 is 11.1 Å². The molecule has 0 aliphatic heterocycles. The summed E-state index contributed by atoms with van der Waals surface area (Å²) in [6.45, 7) is 4.43. The molecule has 1 aromatic carbocycles. The van der Waals surface area contributed by atoms with Crippen molar-refractivity contribution in [3.8, 4) is 0 Å². The summed E-state index contributed by atoms with van der Waals surface area (Å²) in [5.74, 6) is 0.671. The third-order valence-corrected chi connectivity index (χ3v) is 4.40. The van der Waals surface area contributed by atoms with Gasteiger partial charge in [0, 0.05) is 0 Å². The molecule has 0 heterocycles. The molecule has 0 saturated heterocycles. The Morgan fingerprint density at radius 2 is 2.00 bits per heavy atom. The lowest BCUT2D eigenvalue weighted by Gasteiger charge is -2.20. The quantitative estimate of drug-likeness (QED) is 0.633. The molecule has 2 aliphatic carbocycles. The zero-order valence-corrected chi connectivity index (χ0v) is 12.4. The van der Waals surface area contributed by atoms with Crippen molar-refractivity contribution in [1.82, 2.24) is 0 Å². The Labute approximate surface area is 122 Å². The molecule has 1 aromatic rings. The average molecular weight is 262 g/mol. The lowest BCUT2D eigenvalue weighted by molar-refractivity contribution is 0.563. The molecule has 1 atom stereocenters. The van der Waals surface area contributed by atoms with Gasteiger partial charge in [0.15, 0.2) is 0 Å². The van der Waals surface area contributed by atoms with Gasteiger partial charge in [0.25, 0.3) is 0 Å². The maximum Gasteiger partial charge on any atom is -0.0102 e. The van der Waals surface area contributed by atoms with Crippen LogP contribution in [0.5, 0.6) is 0 Å². The summed E-state index contributed by atoms with van der Waals surface area (Å²) in [5, 5.41) is 0. The molecule has 102 valence electrons. The smallest absolute Gasteiger partial charge is 0.0102 e. The van der Waals surface area contributed by atoms with Crippen LogP contribution in [-0.2, 0) is 0 Å². The van der Waals surface area contributed by atoms with Crippen LogP contribution in [0.2, 0.25) is 0 Å². The average Bonchev–Trinajstić information content (AvgIpc) is 2.74. The lowest BCUT2D eigenvalue weighted by Crippen LogP contribution is -2.05. The molecule has 0 heteroatoms. The molecule has 0 radical (unpaired) electrons. The largest absolute Gasteiger partial charge is 0.0870 e. The maximum absolute atomic E-state index is 2.32. The second kappa shape index (κ2) is 5.66. The molecule has 0 fully saturated rings. The highest BCUT2D eigenvalue weighted by molar-refractivity contribution is 6.03. The molecule has 3 rings (SSSR count). The Balaban J connectivity index is 2.27. The monoisotopic (exact) mass is 262 g/mol. The van der Waals surface area contributed by atoms with E-state index in [4.69, 9.17) is 0 Å². The van der Waals surface area contributed by atoms with E-state index in [-0.39, 0.29) is 0 Å². The van der Waals surface area contributed by atoms with E-state index in [1.165, 1.54) is 41.5 Å². The zero-order valence-electron chi connectivity index (χ0n) is 12.4.